The number of thioether (sulfide) groups is 1. The highest BCUT2D eigenvalue weighted by Gasteiger charge is 2.30. The molecule has 2 unspecified atom stereocenters. The highest BCUT2D eigenvalue weighted by molar-refractivity contribution is 7.99. The number of hydrogen-bond acceptors (Lipinski definition) is 2. The Labute approximate surface area is 117 Å². The first-order valence-electron chi connectivity index (χ1n) is 6.50. The van der Waals surface area contributed by atoms with E-state index in [4.69, 9.17) is 11.6 Å². The molecule has 0 amide bonds. The summed E-state index contributed by atoms with van der Waals surface area (Å²) in [6, 6.07) is 3.29. The molecule has 1 aromatic rings. The third-order valence-corrected chi connectivity index (χ3v) is 5.19. The maximum atomic E-state index is 13.6. The number of halogens is 2. The van der Waals surface area contributed by atoms with Crippen molar-refractivity contribution in [2.45, 2.75) is 43.7 Å². The molecule has 0 saturated heterocycles. The fourth-order valence-electron chi connectivity index (χ4n) is 2.43. The monoisotopic (exact) mass is 287 g/mol. The Morgan fingerprint density at radius 3 is 2.89 bits per heavy atom. The molecular weight excluding hydrogens is 269 g/mol. The number of benzene rings is 1. The lowest BCUT2D eigenvalue weighted by Gasteiger charge is -2.34. The Hall–Kier alpha value is -0.250. The molecule has 1 aliphatic heterocycles. The van der Waals surface area contributed by atoms with Gasteiger partial charge in [0.2, 0.25) is 0 Å². The summed E-state index contributed by atoms with van der Waals surface area (Å²) in [5.74, 6) is 0.654. The highest BCUT2D eigenvalue weighted by atomic mass is 35.5. The van der Waals surface area contributed by atoms with Gasteiger partial charge in [-0.1, -0.05) is 25.4 Å². The zero-order chi connectivity index (χ0) is 13.1. The van der Waals surface area contributed by atoms with Crippen molar-refractivity contribution in [1.29, 1.82) is 0 Å². The molecular formula is C14H19ClFNS. The zero-order valence-electron chi connectivity index (χ0n) is 10.8. The van der Waals surface area contributed by atoms with Crippen LogP contribution in [0.3, 0.4) is 0 Å². The molecule has 1 nitrogen and oxygen atoms in total. The van der Waals surface area contributed by atoms with Crippen LogP contribution in [0.15, 0.2) is 12.1 Å². The van der Waals surface area contributed by atoms with Crippen LogP contribution in [0.1, 0.15) is 43.9 Å². The van der Waals surface area contributed by atoms with E-state index in [1.54, 1.807) is 6.07 Å². The quantitative estimate of drug-likeness (QED) is 0.872. The van der Waals surface area contributed by atoms with Gasteiger partial charge in [0.15, 0.2) is 0 Å². The van der Waals surface area contributed by atoms with Crippen molar-refractivity contribution in [2.75, 3.05) is 6.54 Å². The van der Waals surface area contributed by atoms with Crippen LogP contribution in [0.25, 0.3) is 0 Å². The zero-order valence-corrected chi connectivity index (χ0v) is 12.4. The normalized spacial score (nSPS) is 22.9. The summed E-state index contributed by atoms with van der Waals surface area (Å²) in [5, 5.41) is 4.60. The van der Waals surface area contributed by atoms with E-state index >= 15 is 0 Å². The predicted octanol–water partition coefficient (Wildman–Crippen LogP) is 4.55. The van der Waals surface area contributed by atoms with E-state index in [9.17, 15) is 4.39 Å². The Balaban J connectivity index is 2.36. The lowest BCUT2D eigenvalue weighted by atomic mass is 9.96. The second-order valence-electron chi connectivity index (χ2n) is 4.64. The average molecular weight is 288 g/mol. The first kappa shape index (κ1) is 14.2. The van der Waals surface area contributed by atoms with E-state index in [1.807, 2.05) is 11.8 Å². The van der Waals surface area contributed by atoms with Gasteiger partial charge in [0.25, 0.3) is 0 Å². The summed E-state index contributed by atoms with van der Waals surface area (Å²) in [6.45, 7) is 5.28. The van der Waals surface area contributed by atoms with Crippen LogP contribution in [0.5, 0.6) is 0 Å². The van der Waals surface area contributed by atoms with Gasteiger partial charge in [-0.25, -0.2) is 4.39 Å². The number of hydrogen-bond donors (Lipinski definition) is 1. The molecule has 1 heterocycles. The molecule has 0 aliphatic carbocycles. The second-order valence-corrected chi connectivity index (χ2v) is 6.28. The van der Waals surface area contributed by atoms with Crippen molar-refractivity contribution in [2.24, 2.45) is 0 Å². The summed E-state index contributed by atoms with van der Waals surface area (Å²) in [4.78, 5) is 0. The van der Waals surface area contributed by atoms with Gasteiger partial charge < -0.3 is 5.32 Å². The Morgan fingerprint density at radius 1 is 1.44 bits per heavy atom. The van der Waals surface area contributed by atoms with E-state index in [0.717, 1.165) is 36.3 Å². The molecule has 0 aromatic heterocycles. The van der Waals surface area contributed by atoms with Crippen LogP contribution in [0.4, 0.5) is 4.39 Å². The van der Waals surface area contributed by atoms with Crippen molar-refractivity contribution in [3.8, 4) is 0 Å². The minimum atomic E-state index is -0.233. The SMILES string of the molecule is CCCNC1c2cc(F)cc(Cl)c2CSC1CC. The van der Waals surface area contributed by atoms with Crippen LogP contribution in [0.2, 0.25) is 5.02 Å². The number of fused-ring (bicyclic) bond motifs is 1. The average Bonchev–Trinajstić information content (AvgIpc) is 2.35. The summed E-state index contributed by atoms with van der Waals surface area (Å²) in [6.07, 6.45) is 2.16. The Morgan fingerprint density at radius 2 is 2.22 bits per heavy atom. The van der Waals surface area contributed by atoms with Crippen molar-refractivity contribution in [1.82, 2.24) is 5.32 Å². The summed E-state index contributed by atoms with van der Waals surface area (Å²) >= 11 is 8.07. The maximum Gasteiger partial charge on any atom is 0.125 e. The maximum absolute atomic E-state index is 13.6. The van der Waals surface area contributed by atoms with Gasteiger partial charge in [-0.3, -0.25) is 0 Å². The van der Waals surface area contributed by atoms with Crippen molar-refractivity contribution < 1.29 is 4.39 Å². The van der Waals surface area contributed by atoms with Crippen LogP contribution < -0.4 is 5.32 Å². The molecule has 0 radical (unpaired) electrons. The van der Waals surface area contributed by atoms with Crippen LogP contribution in [-0.2, 0) is 5.75 Å². The smallest absolute Gasteiger partial charge is 0.125 e. The molecule has 0 bridgehead atoms. The summed E-state index contributed by atoms with van der Waals surface area (Å²) in [5.41, 5.74) is 2.15. The van der Waals surface area contributed by atoms with Crippen molar-refractivity contribution in [3.05, 3.63) is 34.1 Å². The first-order chi connectivity index (χ1) is 8.67. The minimum Gasteiger partial charge on any atom is -0.309 e. The first-order valence-corrected chi connectivity index (χ1v) is 7.92. The molecule has 0 saturated carbocycles. The third-order valence-electron chi connectivity index (χ3n) is 3.36. The lowest BCUT2D eigenvalue weighted by Crippen LogP contribution is -2.34. The lowest BCUT2D eigenvalue weighted by molar-refractivity contribution is 0.494. The molecule has 1 aliphatic rings. The molecule has 4 heteroatoms. The second kappa shape index (κ2) is 6.27. The topological polar surface area (TPSA) is 12.0 Å². The standard InChI is InChI=1S/C14H19ClFNS/c1-3-5-17-14-10-6-9(16)7-12(15)11(10)8-18-13(14)4-2/h6-7,13-14,17H,3-5,8H2,1-2H3. The molecule has 2 atom stereocenters. The third kappa shape index (κ3) is 2.84. The summed E-state index contributed by atoms with van der Waals surface area (Å²) in [7, 11) is 0. The van der Waals surface area contributed by atoms with Gasteiger partial charge in [-0.2, -0.15) is 11.8 Å². The largest absolute Gasteiger partial charge is 0.309 e. The molecule has 18 heavy (non-hydrogen) atoms. The Bertz CT molecular complexity index is 425. The van der Waals surface area contributed by atoms with Crippen molar-refractivity contribution in [3.63, 3.8) is 0 Å². The molecule has 2 rings (SSSR count). The van der Waals surface area contributed by atoms with E-state index in [0.29, 0.717) is 10.3 Å². The fraction of sp³-hybridized carbons (Fsp3) is 0.571. The Kier molecular flexibility index (Phi) is 4.93. The predicted molar refractivity (Wildman–Crippen MR) is 77.8 cm³/mol. The van der Waals surface area contributed by atoms with Gasteiger partial charge in [0.05, 0.1) is 0 Å². The minimum absolute atomic E-state index is 0.219. The van der Waals surface area contributed by atoms with Gasteiger partial charge >= 0.3 is 0 Å². The van der Waals surface area contributed by atoms with E-state index in [2.05, 4.69) is 19.2 Å². The van der Waals surface area contributed by atoms with Crippen LogP contribution >= 0.6 is 23.4 Å². The van der Waals surface area contributed by atoms with Gasteiger partial charge in [-0.05, 0) is 42.6 Å². The van der Waals surface area contributed by atoms with Gasteiger partial charge in [0, 0.05) is 22.1 Å². The van der Waals surface area contributed by atoms with Gasteiger partial charge in [0.1, 0.15) is 5.82 Å². The number of nitrogens with one attached hydrogen (secondary N) is 1. The van der Waals surface area contributed by atoms with E-state index in [1.165, 1.54) is 6.07 Å². The van der Waals surface area contributed by atoms with Crippen LogP contribution in [-0.4, -0.2) is 11.8 Å². The van der Waals surface area contributed by atoms with Crippen molar-refractivity contribution >= 4 is 23.4 Å². The molecule has 0 fully saturated rings. The molecule has 1 aromatic carbocycles. The molecule has 1 N–H and O–H groups in total. The highest BCUT2D eigenvalue weighted by Crippen LogP contribution is 2.42. The van der Waals surface area contributed by atoms with Gasteiger partial charge in [-0.15, -0.1) is 0 Å². The van der Waals surface area contributed by atoms with E-state index in [-0.39, 0.29) is 11.9 Å². The molecule has 100 valence electrons. The fourth-order valence-corrected chi connectivity index (χ4v) is 4.17. The van der Waals surface area contributed by atoms with Crippen LogP contribution in [0, 0.1) is 5.82 Å². The summed E-state index contributed by atoms with van der Waals surface area (Å²) < 4.78 is 13.6. The van der Waals surface area contributed by atoms with E-state index < -0.39 is 0 Å². The molecule has 0 spiro atoms. The number of rotatable bonds is 4.